The zero-order valence-electron chi connectivity index (χ0n) is 26.8. The SMILES string of the molecule is CCN(CCCC(=O)CN1C(=O)CCC1=O)c1cc(O)c(-c2c3ccc(=[N+](C)C)cc-3oc3cc(N(C)C)ccc23)cc1OC. The predicted molar refractivity (Wildman–Crippen MR) is 176 cm³/mol. The lowest BCUT2D eigenvalue weighted by Gasteiger charge is -2.26. The van der Waals surface area contributed by atoms with Crippen LogP contribution >= 0.6 is 0 Å². The van der Waals surface area contributed by atoms with Gasteiger partial charge in [0.25, 0.3) is 0 Å². The van der Waals surface area contributed by atoms with Crippen LogP contribution in [-0.2, 0) is 14.4 Å². The molecule has 0 bridgehead atoms. The maximum absolute atomic E-state index is 12.6. The van der Waals surface area contributed by atoms with Crippen molar-refractivity contribution in [2.24, 2.45) is 0 Å². The number of benzene rings is 3. The molecule has 1 fully saturated rings. The molecule has 2 aliphatic heterocycles. The molecule has 2 heterocycles. The number of ketones is 1. The average Bonchev–Trinajstić information content (AvgIpc) is 3.33. The first-order valence-electron chi connectivity index (χ1n) is 15.2. The summed E-state index contributed by atoms with van der Waals surface area (Å²) in [6, 6.07) is 15.7. The van der Waals surface area contributed by atoms with E-state index in [9.17, 15) is 19.5 Å². The molecular formula is C35H41N4O6+. The number of rotatable bonds is 11. The number of amides is 2. The molecule has 10 heteroatoms. The Kier molecular flexibility index (Phi) is 9.13. The van der Waals surface area contributed by atoms with Crippen LogP contribution in [-0.4, -0.2) is 82.5 Å². The number of Topliss-reactive ketones (excluding diaryl/α,β-unsaturated/α-hetero) is 1. The lowest BCUT2D eigenvalue weighted by molar-refractivity contribution is -0.141. The number of hydrogen-bond donors (Lipinski definition) is 1. The second-order valence-electron chi connectivity index (χ2n) is 11.8. The molecule has 45 heavy (non-hydrogen) atoms. The van der Waals surface area contributed by atoms with E-state index < -0.39 is 0 Å². The van der Waals surface area contributed by atoms with E-state index in [4.69, 9.17) is 9.15 Å². The van der Waals surface area contributed by atoms with Gasteiger partial charge in [0.05, 0.1) is 25.4 Å². The Morgan fingerprint density at radius 3 is 2.40 bits per heavy atom. The first kappa shape index (κ1) is 31.6. The maximum Gasteiger partial charge on any atom is 0.230 e. The maximum atomic E-state index is 12.6. The number of carbonyl (C=O) groups excluding carboxylic acids is 3. The number of phenolic OH excluding ortho intramolecular Hbond substituents is 1. The van der Waals surface area contributed by atoms with E-state index in [0.717, 1.165) is 32.5 Å². The van der Waals surface area contributed by atoms with Gasteiger partial charge in [-0.05, 0) is 37.6 Å². The van der Waals surface area contributed by atoms with E-state index in [2.05, 4.69) is 0 Å². The third-order valence-electron chi connectivity index (χ3n) is 8.38. The summed E-state index contributed by atoms with van der Waals surface area (Å²) in [7, 11) is 9.52. The second kappa shape index (κ2) is 13.0. The molecule has 10 nitrogen and oxygen atoms in total. The van der Waals surface area contributed by atoms with Gasteiger partial charge in [0.2, 0.25) is 17.2 Å². The molecule has 2 aromatic carbocycles. The Bertz CT molecular complexity index is 1810. The van der Waals surface area contributed by atoms with Crippen LogP contribution in [0.2, 0.25) is 0 Å². The second-order valence-corrected chi connectivity index (χ2v) is 11.8. The van der Waals surface area contributed by atoms with Crippen molar-refractivity contribution >= 4 is 39.9 Å². The Morgan fingerprint density at radius 1 is 1.02 bits per heavy atom. The summed E-state index contributed by atoms with van der Waals surface area (Å²) in [5.74, 6) is 0.650. The third-order valence-corrected chi connectivity index (χ3v) is 8.38. The Labute approximate surface area is 263 Å². The number of phenols is 1. The van der Waals surface area contributed by atoms with Gasteiger partial charge in [-0.15, -0.1) is 0 Å². The standard InChI is InChI=1S/C35H40N4O6/c1-7-38(16-8-9-24(40)21-39-33(42)14-15-34(39)43)28-20-29(41)27(19-32(28)44-6)35-25-12-10-22(36(2)3)17-30(25)45-31-18-23(37(4)5)11-13-26(31)35/h10-13,17-20H,7-9,14-16,21H2,1-6H3/p+1. The van der Waals surface area contributed by atoms with Crippen molar-refractivity contribution in [3.8, 4) is 33.9 Å². The van der Waals surface area contributed by atoms with Gasteiger partial charge in [-0.25, -0.2) is 4.58 Å². The van der Waals surface area contributed by atoms with Crippen molar-refractivity contribution in [3.05, 3.63) is 53.9 Å². The molecule has 0 spiro atoms. The number of likely N-dealkylation sites (tertiary alicyclic amines) is 1. The summed E-state index contributed by atoms with van der Waals surface area (Å²) in [6.45, 7) is 2.97. The van der Waals surface area contributed by atoms with E-state index in [1.165, 1.54) is 0 Å². The molecule has 0 radical (unpaired) electrons. The van der Waals surface area contributed by atoms with Gasteiger partial charge < -0.3 is 24.1 Å². The minimum absolute atomic E-state index is 0.0913. The highest BCUT2D eigenvalue weighted by Gasteiger charge is 2.30. The van der Waals surface area contributed by atoms with Crippen molar-refractivity contribution in [1.82, 2.24) is 9.48 Å². The van der Waals surface area contributed by atoms with Gasteiger partial charge in [0.15, 0.2) is 5.78 Å². The number of carbonyl (C=O) groups is 3. The highest BCUT2D eigenvalue weighted by atomic mass is 16.5. The molecule has 236 valence electrons. The molecule has 3 aliphatic rings. The summed E-state index contributed by atoms with van der Waals surface area (Å²) in [5.41, 5.74) is 4.70. The smallest absolute Gasteiger partial charge is 0.230 e. The number of anilines is 2. The van der Waals surface area contributed by atoms with Crippen molar-refractivity contribution in [2.75, 3.05) is 64.7 Å². The van der Waals surface area contributed by atoms with Crippen LogP contribution in [0, 0.1) is 0 Å². The largest absolute Gasteiger partial charge is 0.507 e. The van der Waals surface area contributed by atoms with Crippen molar-refractivity contribution < 1.29 is 28.6 Å². The van der Waals surface area contributed by atoms with Gasteiger partial charge in [0.1, 0.15) is 36.9 Å². The fourth-order valence-electron chi connectivity index (χ4n) is 5.85. The van der Waals surface area contributed by atoms with E-state index in [1.54, 1.807) is 13.2 Å². The number of ether oxygens (including phenoxy) is 1. The van der Waals surface area contributed by atoms with Crippen LogP contribution in [0.4, 0.5) is 11.4 Å². The fourth-order valence-corrected chi connectivity index (χ4v) is 5.85. The summed E-state index contributed by atoms with van der Waals surface area (Å²) in [6.07, 6.45) is 1.10. The molecule has 2 aromatic rings. The molecule has 2 amide bonds. The molecular weight excluding hydrogens is 572 g/mol. The summed E-state index contributed by atoms with van der Waals surface area (Å²) in [5, 5.41) is 13.4. The van der Waals surface area contributed by atoms with Crippen molar-refractivity contribution in [3.63, 3.8) is 0 Å². The van der Waals surface area contributed by atoms with E-state index in [1.807, 2.05) is 92.0 Å². The number of hydrogen-bond acceptors (Lipinski definition) is 8. The lowest BCUT2D eigenvalue weighted by atomic mass is 9.92. The summed E-state index contributed by atoms with van der Waals surface area (Å²) in [4.78, 5) is 41.5. The minimum Gasteiger partial charge on any atom is -0.507 e. The van der Waals surface area contributed by atoms with Crippen LogP contribution in [0.3, 0.4) is 0 Å². The summed E-state index contributed by atoms with van der Waals surface area (Å²) >= 11 is 0. The quantitative estimate of drug-likeness (QED) is 0.151. The van der Waals surface area contributed by atoms with Gasteiger partial charge >= 0.3 is 0 Å². The number of imide groups is 1. The first-order valence-corrected chi connectivity index (χ1v) is 15.2. The Balaban J connectivity index is 1.50. The van der Waals surface area contributed by atoms with Gasteiger partial charge in [0, 0.05) is 92.4 Å². The van der Waals surface area contributed by atoms with Crippen molar-refractivity contribution in [1.29, 1.82) is 0 Å². The molecule has 1 aliphatic carbocycles. The molecule has 5 rings (SSSR count). The van der Waals surface area contributed by atoms with Crippen LogP contribution in [0.25, 0.3) is 33.4 Å². The van der Waals surface area contributed by atoms with Crippen LogP contribution in [0.5, 0.6) is 11.5 Å². The van der Waals surface area contributed by atoms with E-state index in [-0.39, 0.29) is 49.2 Å². The fraction of sp³-hybridized carbons (Fsp3) is 0.371. The zero-order valence-corrected chi connectivity index (χ0v) is 26.8. The molecule has 1 N–H and O–H groups in total. The number of nitrogens with zero attached hydrogens (tertiary/aromatic N) is 4. The highest BCUT2D eigenvalue weighted by Crippen LogP contribution is 2.47. The van der Waals surface area contributed by atoms with E-state index in [0.29, 0.717) is 47.9 Å². The van der Waals surface area contributed by atoms with Crippen LogP contribution in [0.1, 0.15) is 32.6 Å². The molecule has 0 atom stereocenters. The Hall–Kier alpha value is -4.86. The van der Waals surface area contributed by atoms with E-state index >= 15 is 0 Å². The summed E-state index contributed by atoms with van der Waals surface area (Å²) < 4.78 is 14.3. The third kappa shape index (κ3) is 6.36. The topological polar surface area (TPSA) is 107 Å². The monoisotopic (exact) mass is 613 g/mol. The number of aromatic hydroxyl groups is 1. The Morgan fingerprint density at radius 2 is 1.76 bits per heavy atom. The highest BCUT2D eigenvalue weighted by molar-refractivity contribution is 6.05. The molecule has 0 saturated carbocycles. The first-order chi connectivity index (χ1) is 21.5. The molecule has 1 saturated heterocycles. The number of methoxy groups -OCH3 is 1. The predicted octanol–water partition coefficient (Wildman–Crippen LogP) is 4.34. The lowest BCUT2D eigenvalue weighted by Crippen LogP contribution is -2.34. The molecule has 0 unspecified atom stereocenters. The number of fused-ring (bicyclic) bond motifs is 2. The molecule has 0 aromatic heterocycles. The van der Waals surface area contributed by atoms with Gasteiger partial charge in [-0.3, -0.25) is 19.3 Å². The average molecular weight is 614 g/mol. The van der Waals surface area contributed by atoms with Gasteiger partial charge in [-0.1, -0.05) is 0 Å². The zero-order chi connectivity index (χ0) is 32.4. The van der Waals surface area contributed by atoms with Crippen LogP contribution < -0.4 is 24.5 Å². The van der Waals surface area contributed by atoms with Crippen LogP contribution in [0.15, 0.2) is 52.9 Å². The minimum atomic E-state index is -0.284. The van der Waals surface area contributed by atoms with Crippen molar-refractivity contribution in [2.45, 2.75) is 32.6 Å². The van der Waals surface area contributed by atoms with Gasteiger partial charge in [-0.2, -0.15) is 0 Å². The normalized spacial score (nSPS) is 13.2.